The molecule has 0 amide bonds. The molecule has 0 aromatic carbocycles. The molecule has 0 radical (unpaired) electrons. The normalized spacial score (nSPS) is 16.4. The summed E-state index contributed by atoms with van der Waals surface area (Å²) in [5, 5.41) is 3.52. The summed E-state index contributed by atoms with van der Waals surface area (Å²) in [6.45, 7) is 14.1. The summed E-state index contributed by atoms with van der Waals surface area (Å²) in [6, 6.07) is 0.354. The fourth-order valence-corrected chi connectivity index (χ4v) is 3.43. The van der Waals surface area contributed by atoms with Crippen molar-refractivity contribution in [2.75, 3.05) is 18.1 Å². The Bertz CT molecular complexity index is 208. The zero-order valence-electron chi connectivity index (χ0n) is 11.8. The van der Waals surface area contributed by atoms with E-state index in [1.165, 1.54) is 0 Å². The molecule has 0 aromatic rings. The maximum Gasteiger partial charge on any atom is 0.0393 e. The topological polar surface area (TPSA) is 29.1 Å². The maximum atomic E-state index is 11.9. The lowest BCUT2D eigenvalue weighted by Crippen LogP contribution is -2.45. The molecule has 0 aliphatic carbocycles. The summed E-state index contributed by atoms with van der Waals surface area (Å²) in [7, 11) is -0.693. The van der Waals surface area contributed by atoms with Crippen molar-refractivity contribution < 1.29 is 4.21 Å². The van der Waals surface area contributed by atoms with Gasteiger partial charge in [0.25, 0.3) is 0 Å². The van der Waals surface area contributed by atoms with E-state index in [9.17, 15) is 4.21 Å². The maximum absolute atomic E-state index is 11.9. The Kier molecular flexibility index (Phi) is 7.49. The van der Waals surface area contributed by atoms with Crippen molar-refractivity contribution >= 4 is 10.8 Å². The molecule has 0 heterocycles. The fraction of sp³-hybridized carbons (Fsp3) is 1.00. The van der Waals surface area contributed by atoms with Gasteiger partial charge in [-0.3, -0.25) is 4.21 Å². The standard InChI is InChI=1S/C13H29NOS/c1-7-8-14-12(13(4,5)6)10-16(15)9-11(2)3/h11-12,14H,7-10H2,1-6H3. The van der Waals surface area contributed by atoms with Crippen LogP contribution in [0.3, 0.4) is 0 Å². The highest BCUT2D eigenvalue weighted by Crippen LogP contribution is 2.20. The minimum atomic E-state index is -0.693. The van der Waals surface area contributed by atoms with E-state index >= 15 is 0 Å². The fourth-order valence-electron chi connectivity index (χ4n) is 1.56. The summed E-state index contributed by atoms with van der Waals surface area (Å²) < 4.78 is 11.9. The molecule has 0 aliphatic rings. The van der Waals surface area contributed by atoms with Gasteiger partial charge in [0.1, 0.15) is 0 Å². The second kappa shape index (κ2) is 7.44. The van der Waals surface area contributed by atoms with Crippen LogP contribution in [0.4, 0.5) is 0 Å². The van der Waals surface area contributed by atoms with Crippen LogP contribution in [0.15, 0.2) is 0 Å². The van der Waals surface area contributed by atoms with Gasteiger partial charge in [0, 0.05) is 28.3 Å². The zero-order valence-corrected chi connectivity index (χ0v) is 12.6. The molecule has 2 nitrogen and oxygen atoms in total. The Morgan fingerprint density at radius 3 is 2.12 bits per heavy atom. The molecule has 2 unspecified atom stereocenters. The Hall–Kier alpha value is 0.110. The van der Waals surface area contributed by atoms with E-state index in [0.29, 0.717) is 12.0 Å². The van der Waals surface area contributed by atoms with Gasteiger partial charge in [0.05, 0.1) is 0 Å². The second-order valence-electron chi connectivity index (χ2n) is 6.04. The molecule has 0 rings (SSSR count). The Balaban J connectivity index is 4.26. The summed E-state index contributed by atoms with van der Waals surface area (Å²) in [5.41, 5.74) is 0.182. The lowest BCUT2D eigenvalue weighted by atomic mass is 9.88. The van der Waals surface area contributed by atoms with Crippen molar-refractivity contribution in [3.8, 4) is 0 Å². The van der Waals surface area contributed by atoms with E-state index < -0.39 is 10.8 Å². The molecule has 16 heavy (non-hydrogen) atoms. The van der Waals surface area contributed by atoms with Crippen LogP contribution in [0.1, 0.15) is 48.0 Å². The highest BCUT2D eigenvalue weighted by atomic mass is 32.2. The van der Waals surface area contributed by atoms with Crippen molar-refractivity contribution in [2.24, 2.45) is 11.3 Å². The van der Waals surface area contributed by atoms with Crippen LogP contribution in [-0.4, -0.2) is 28.3 Å². The van der Waals surface area contributed by atoms with Crippen molar-refractivity contribution in [3.05, 3.63) is 0 Å². The Morgan fingerprint density at radius 2 is 1.75 bits per heavy atom. The summed E-state index contributed by atoms with van der Waals surface area (Å²) >= 11 is 0. The number of hydrogen-bond donors (Lipinski definition) is 1. The first-order valence-corrected chi connectivity index (χ1v) is 7.84. The van der Waals surface area contributed by atoms with Gasteiger partial charge in [-0.05, 0) is 24.3 Å². The van der Waals surface area contributed by atoms with E-state index in [2.05, 4.69) is 46.9 Å². The third kappa shape index (κ3) is 7.39. The molecule has 0 spiro atoms. The van der Waals surface area contributed by atoms with Crippen LogP contribution < -0.4 is 5.32 Å². The molecule has 0 saturated carbocycles. The van der Waals surface area contributed by atoms with E-state index in [1.54, 1.807) is 0 Å². The highest BCUT2D eigenvalue weighted by Gasteiger charge is 2.25. The summed E-state index contributed by atoms with van der Waals surface area (Å²) in [6.07, 6.45) is 1.13. The predicted molar refractivity (Wildman–Crippen MR) is 74.3 cm³/mol. The molecule has 2 atom stereocenters. The van der Waals surface area contributed by atoms with Gasteiger partial charge in [-0.25, -0.2) is 0 Å². The highest BCUT2D eigenvalue weighted by molar-refractivity contribution is 7.85. The van der Waals surface area contributed by atoms with Gasteiger partial charge in [-0.15, -0.1) is 0 Å². The molecular formula is C13H29NOS. The minimum Gasteiger partial charge on any atom is -0.313 e. The molecule has 98 valence electrons. The number of hydrogen-bond acceptors (Lipinski definition) is 2. The van der Waals surface area contributed by atoms with E-state index in [1.807, 2.05) is 0 Å². The van der Waals surface area contributed by atoms with Crippen LogP contribution in [0.5, 0.6) is 0 Å². The van der Waals surface area contributed by atoms with Crippen LogP contribution in [0.2, 0.25) is 0 Å². The van der Waals surface area contributed by atoms with Gasteiger partial charge in [-0.1, -0.05) is 41.5 Å². The number of nitrogens with one attached hydrogen (secondary N) is 1. The average molecular weight is 247 g/mol. The molecule has 1 N–H and O–H groups in total. The van der Waals surface area contributed by atoms with Crippen LogP contribution in [-0.2, 0) is 10.8 Å². The van der Waals surface area contributed by atoms with Gasteiger partial charge >= 0.3 is 0 Å². The predicted octanol–water partition coefficient (Wildman–Crippen LogP) is 2.81. The first kappa shape index (κ1) is 16.1. The van der Waals surface area contributed by atoms with Crippen LogP contribution in [0.25, 0.3) is 0 Å². The van der Waals surface area contributed by atoms with Crippen LogP contribution in [0, 0.1) is 11.3 Å². The summed E-state index contributed by atoms with van der Waals surface area (Å²) in [5.74, 6) is 2.12. The van der Waals surface area contributed by atoms with Crippen molar-refractivity contribution in [3.63, 3.8) is 0 Å². The molecule has 0 saturated heterocycles. The average Bonchev–Trinajstić information content (AvgIpc) is 2.08. The van der Waals surface area contributed by atoms with E-state index in [4.69, 9.17) is 0 Å². The van der Waals surface area contributed by atoms with Gasteiger partial charge < -0.3 is 5.32 Å². The molecule has 3 heteroatoms. The first-order chi connectivity index (χ1) is 7.27. The summed E-state index contributed by atoms with van der Waals surface area (Å²) in [4.78, 5) is 0. The van der Waals surface area contributed by atoms with E-state index in [0.717, 1.165) is 24.5 Å². The lowest BCUT2D eigenvalue weighted by molar-refractivity contribution is 0.290. The molecule has 0 bridgehead atoms. The SMILES string of the molecule is CCCNC(CS(=O)CC(C)C)C(C)(C)C. The third-order valence-corrected chi connectivity index (χ3v) is 4.30. The Labute approximate surface area is 104 Å². The quantitative estimate of drug-likeness (QED) is 0.749. The molecular weight excluding hydrogens is 218 g/mol. The number of rotatable bonds is 7. The first-order valence-electron chi connectivity index (χ1n) is 6.35. The lowest BCUT2D eigenvalue weighted by Gasteiger charge is -2.31. The van der Waals surface area contributed by atoms with Crippen molar-refractivity contribution in [1.82, 2.24) is 5.32 Å². The molecule has 0 aliphatic heterocycles. The Morgan fingerprint density at radius 1 is 1.19 bits per heavy atom. The zero-order chi connectivity index (χ0) is 12.8. The van der Waals surface area contributed by atoms with E-state index in [-0.39, 0.29) is 5.41 Å². The largest absolute Gasteiger partial charge is 0.313 e. The van der Waals surface area contributed by atoms with Crippen molar-refractivity contribution in [1.29, 1.82) is 0 Å². The monoisotopic (exact) mass is 247 g/mol. The smallest absolute Gasteiger partial charge is 0.0393 e. The second-order valence-corrected chi connectivity index (χ2v) is 7.59. The van der Waals surface area contributed by atoms with Gasteiger partial charge in [0.15, 0.2) is 0 Å². The van der Waals surface area contributed by atoms with Gasteiger partial charge in [0.2, 0.25) is 0 Å². The van der Waals surface area contributed by atoms with Crippen LogP contribution >= 0.6 is 0 Å². The van der Waals surface area contributed by atoms with Gasteiger partial charge in [-0.2, -0.15) is 0 Å². The minimum absolute atomic E-state index is 0.182. The molecule has 0 fully saturated rings. The van der Waals surface area contributed by atoms with Crippen molar-refractivity contribution in [2.45, 2.75) is 54.0 Å². The molecule has 0 aromatic heterocycles. The third-order valence-electron chi connectivity index (χ3n) is 2.56.